The van der Waals surface area contributed by atoms with E-state index in [2.05, 4.69) is 10.0 Å². The molecule has 0 amide bonds. The smallest absolute Gasteiger partial charge is 0.150 e. The molecule has 0 aliphatic carbocycles. The molecule has 0 aliphatic heterocycles. The first-order chi connectivity index (χ1) is 7.36. The molecule has 4 heteroatoms. The van der Waals surface area contributed by atoms with Crippen molar-refractivity contribution < 1.29 is 4.79 Å². The Hall–Kier alpha value is -2.06. The van der Waals surface area contributed by atoms with Crippen LogP contribution in [0.25, 0.3) is 16.5 Å². The van der Waals surface area contributed by atoms with Crippen molar-refractivity contribution in [3.05, 3.63) is 51.9 Å². The van der Waals surface area contributed by atoms with Crippen LogP contribution in [-0.4, -0.2) is 12.8 Å². The van der Waals surface area contributed by atoms with Gasteiger partial charge in [-0.15, -0.1) is 0 Å². The molecule has 0 bridgehead atoms. The van der Waals surface area contributed by atoms with Crippen LogP contribution in [0.3, 0.4) is 0 Å². The molecule has 15 heavy (non-hydrogen) atoms. The highest BCUT2D eigenvalue weighted by molar-refractivity contribution is 5.76. The van der Waals surface area contributed by atoms with Crippen molar-refractivity contribution in [3.63, 3.8) is 0 Å². The number of rotatable bonds is 5. The predicted molar refractivity (Wildman–Crippen MR) is 59.5 cm³/mol. The highest BCUT2D eigenvalue weighted by Gasteiger charge is 1.89. The third-order valence-electron chi connectivity index (χ3n) is 1.82. The van der Waals surface area contributed by atoms with Crippen LogP contribution in [0.1, 0.15) is 22.3 Å². The van der Waals surface area contributed by atoms with Crippen molar-refractivity contribution in [2.45, 2.75) is 6.42 Å². The second-order valence-corrected chi connectivity index (χ2v) is 2.93. The molecule has 0 heterocycles. The number of benzene rings is 1. The zero-order chi connectivity index (χ0) is 10.9. The van der Waals surface area contributed by atoms with Gasteiger partial charge in [0.1, 0.15) is 6.29 Å². The van der Waals surface area contributed by atoms with Crippen LogP contribution in [0.4, 0.5) is 0 Å². The fourth-order valence-corrected chi connectivity index (χ4v) is 1.13. The van der Waals surface area contributed by atoms with Crippen molar-refractivity contribution >= 4 is 12.4 Å². The largest absolute Gasteiger partial charge is 0.298 e. The van der Waals surface area contributed by atoms with Crippen molar-refractivity contribution in [2.24, 2.45) is 5.11 Å². The molecule has 0 saturated heterocycles. The summed E-state index contributed by atoms with van der Waals surface area (Å²) in [6, 6.07) is 7.30. The fourth-order valence-electron chi connectivity index (χ4n) is 1.13. The molecule has 0 saturated carbocycles. The molecule has 0 spiro atoms. The van der Waals surface area contributed by atoms with Gasteiger partial charge in [-0.25, -0.2) is 0 Å². The standard InChI is InChI=1S/C11H11N3O/c12-14-13-7-2-1-4-10-5-3-6-11(8-10)9-15/h1,3-6,8-9H,2,7H2. The Morgan fingerprint density at radius 1 is 1.40 bits per heavy atom. The first-order valence-electron chi connectivity index (χ1n) is 4.59. The Morgan fingerprint density at radius 3 is 2.93 bits per heavy atom. The average Bonchev–Trinajstić information content (AvgIpc) is 2.29. The summed E-state index contributed by atoms with van der Waals surface area (Å²) >= 11 is 0. The minimum Gasteiger partial charge on any atom is -0.298 e. The van der Waals surface area contributed by atoms with Gasteiger partial charge in [0, 0.05) is 17.0 Å². The van der Waals surface area contributed by atoms with Crippen molar-refractivity contribution in [1.82, 2.24) is 0 Å². The molecule has 4 nitrogen and oxygen atoms in total. The summed E-state index contributed by atoms with van der Waals surface area (Å²) < 4.78 is 0. The van der Waals surface area contributed by atoms with E-state index in [1.165, 1.54) is 0 Å². The lowest BCUT2D eigenvalue weighted by atomic mass is 10.1. The minimum atomic E-state index is 0.459. The Labute approximate surface area is 87.9 Å². The van der Waals surface area contributed by atoms with Gasteiger partial charge in [0.25, 0.3) is 0 Å². The summed E-state index contributed by atoms with van der Waals surface area (Å²) in [6.07, 6.45) is 5.34. The topological polar surface area (TPSA) is 65.8 Å². The van der Waals surface area contributed by atoms with Gasteiger partial charge in [-0.05, 0) is 23.6 Å². The van der Waals surface area contributed by atoms with Crippen molar-refractivity contribution in [1.29, 1.82) is 0 Å². The van der Waals surface area contributed by atoms with Gasteiger partial charge in [0.2, 0.25) is 0 Å². The van der Waals surface area contributed by atoms with Crippen LogP contribution in [0.2, 0.25) is 0 Å². The monoisotopic (exact) mass is 201 g/mol. The van der Waals surface area contributed by atoms with Crippen LogP contribution in [0.5, 0.6) is 0 Å². The van der Waals surface area contributed by atoms with Crippen molar-refractivity contribution in [3.8, 4) is 0 Å². The number of hydrogen-bond acceptors (Lipinski definition) is 2. The summed E-state index contributed by atoms with van der Waals surface area (Å²) in [6.45, 7) is 0.459. The summed E-state index contributed by atoms with van der Waals surface area (Å²) in [4.78, 5) is 13.1. The molecular weight excluding hydrogens is 190 g/mol. The quantitative estimate of drug-likeness (QED) is 0.237. The van der Waals surface area contributed by atoms with Crippen LogP contribution in [0, 0.1) is 0 Å². The molecule has 1 aromatic carbocycles. The SMILES string of the molecule is [N-]=[N+]=NCCC=Cc1cccc(C=O)c1. The zero-order valence-corrected chi connectivity index (χ0v) is 8.21. The van der Waals surface area contributed by atoms with Crippen LogP contribution >= 0.6 is 0 Å². The van der Waals surface area contributed by atoms with Gasteiger partial charge in [0.05, 0.1) is 0 Å². The summed E-state index contributed by atoms with van der Waals surface area (Å²) in [7, 11) is 0. The van der Waals surface area contributed by atoms with E-state index in [9.17, 15) is 4.79 Å². The third-order valence-corrected chi connectivity index (χ3v) is 1.82. The molecule has 1 rings (SSSR count). The lowest BCUT2D eigenvalue weighted by Crippen LogP contribution is -1.80. The van der Waals surface area contributed by atoms with Crippen LogP contribution < -0.4 is 0 Å². The molecule has 0 fully saturated rings. The lowest BCUT2D eigenvalue weighted by Gasteiger charge is -1.94. The Kier molecular flexibility index (Phi) is 4.70. The molecule has 0 aromatic heterocycles. The number of hydrogen-bond donors (Lipinski definition) is 0. The summed E-state index contributed by atoms with van der Waals surface area (Å²) in [5, 5.41) is 3.41. The van der Waals surface area contributed by atoms with E-state index in [0.29, 0.717) is 18.5 Å². The number of nitrogens with zero attached hydrogens (tertiary/aromatic N) is 3. The molecule has 1 aromatic rings. The van der Waals surface area contributed by atoms with Gasteiger partial charge >= 0.3 is 0 Å². The molecule has 0 unspecified atom stereocenters. The van der Waals surface area contributed by atoms with E-state index in [4.69, 9.17) is 5.53 Å². The first kappa shape index (κ1) is 11.0. The molecule has 76 valence electrons. The minimum absolute atomic E-state index is 0.459. The van der Waals surface area contributed by atoms with Gasteiger partial charge < -0.3 is 0 Å². The summed E-state index contributed by atoms with van der Waals surface area (Å²) in [5.41, 5.74) is 9.68. The first-order valence-corrected chi connectivity index (χ1v) is 4.59. The maximum absolute atomic E-state index is 10.5. The maximum Gasteiger partial charge on any atom is 0.150 e. The molecule has 0 radical (unpaired) electrons. The van der Waals surface area contributed by atoms with Gasteiger partial charge in [-0.1, -0.05) is 35.5 Å². The molecule has 0 aliphatic rings. The van der Waals surface area contributed by atoms with Gasteiger partial charge in [-0.2, -0.15) is 0 Å². The van der Waals surface area contributed by atoms with Crippen molar-refractivity contribution in [2.75, 3.05) is 6.54 Å². The second-order valence-electron chi connectivity index (χ2n) is 2.93. The van der Waals surface area contributed by atoms with E-state index in [1.54, 1.807) is 12.1 Å². The number of carbonyl (C=O) groups is 1. The fraction of sp³-hybridized carbons (Fsp3) is 0.182. The number of carbonyl (C=O) groups excluding carboxylic acids is 1. The molecule has 0 atom stereocenters. The maximum atomic E-state index is 10.5. The third kappa shape index (κ3) is 4.11. The molecular formula is C11H11N3O. The van der Waals surface area contributed by atoms with E-state index < -0.39 is 0 Å². The Bertz CT molecular complexity index is 406. The number of aldehydes is 1. The predicted octanol–water partition coefficient (Wildman–Crippen LogP) is 3.21. The summed E-state index contributed by atoms with van der Waals surface area (Å²) in [5.74, 6) is 0. The zero-order valence-electron chi connectivity index (χ0n) is 8.21. The van der Waals surface area contributed by atoms with Gasteiger partial charge in [0.15, 0.2) is 0 Å². The van der Waals surface area contributed by atoms with E-state index in [1.807, 2.05) is 24.3 Å². The Balaban J connectivity index is 2.55. The molecule has 0 N–H and O–H groups in total. The van der Waals surface area contributed by atoms with Crippen LogP contribution in [-0.2, 0) is 0 Å². The highest BCUT2D eigenvalue weighted by atomic mass is 16.1. The van der Waals surface area contributed by atoms with Crippen LogP contribution in [0.15, 0.2) is 35.5 Å². The lowest BCUT2D eigenvalue weighted by molar-refractivity contribution is 0.112. The second kappa shape index (κ2) is 6.40. The normalized spacial score (nSPS) is 9.87. The van der Waals surface area contributed by atoms with E-state index >= 15 is 0 Å². The highest BCUT2D eigenvalue weighted by Crippen LogP contribution is 2.05. The van der Waals surface area contributed by atoms with E-state index in [-0.39, 0.29) is 0 Å². The van der Waals surface area contributed by atoms with Gasteiger partial charge in [-0.3, -0.25) is 4.79 Å². The average molecular weight is 201 g/mol. The Morgan fingerprint density at radius 2 is 2.20 bits per heavy atom. The number of azide groups is 1. The van der Waals surface area contributed by atoms with E-state index in [0.717, 1.165) is 11.8 Å².